The first-order chi connectivity index (χ1) is 11.1. The van der Waals surface area contributed by atoms with Gasteiger partial charge in [-0.2, -0.15) is 0 Å². The Labute approximate surface area is 144 Å². The Hall–Kier alpha value is -1.99. The number of halogens is 2. The van der Waals surface area contributed by atoms with Gasteiger partial charge < -0.3 is 4.42 Å². The smallest absolute Gasteiger partial charge is 0.277 e. The molecule has 1 aromatic heterocycles. The van der Waals surface area contributed by atoms with E-state index >= 15 is 0 Å². The molecule has 2 aromatic carbocycles. The van der Waals surface area contributed by atoms with Crippen LogP contribution in [0.4, 0.5) is 4.39 Å². The van der Waals surface area contributed by atoms with E-state index in [0.29, 0.717) is 16.7 Å². The third-order valence-electron chi connectivity index (χ3n) is 2.97. The fourth-order valence-electron chi connectivity index (χ4n) is 1.85. The van der Waals surface area contributed by atoms with E-state index in [4.69, 9.17) is 4.42 Å². The molecule has 0 N–H and O–H groups in total. The van der Waals surface area contributed by atoms with Crippen LogP contribution in [0.15, 0.2) is 62.6 Å². The van der Waals surface area contributed by atoms with Crippen molar-refractivity contribution in [3.63, 3.8) is 0 Å². The molecule has 0 amide bonds. The molecule has 0 aliphatic heterocycles. The Balaban J connectivity index is 1.65. The molecule has 3 aromatic rings. The lowest BCUT2D eigenvalue weighted by Gasteiger charge is -1.98. The highest BCUT2D eigenvalue weighted by Crippen LogP contribution is 2.25. The molecule has 0 bridgehead atoms. The molecule has 1 heterocycles. The van der Waals surface area contributed by atoms with Crippen molar-refractivity contribution in [2.75, 3.05) is 5.75 Å². The van der Waals surface area contributed by atoms with Crippen LogP contribution in [0.2, 0.25) is 0 Å². The molecule has 0 spiro atoms. The lowest BCUT2D eigenvalue weighted by atomic mass is 10.1. The zero-order chi connectivity index (χ0) is 16.2. The minimum absolute atomic E-state index is 0.128. The summed E-state index contributed by atoms with van der Waals surface area (Å²) in [5.41, 5.74) is 1.24. The van der Waals surface area contributed by atoms with E-state index in [1.54, 1.807) is 0 Å². The van der Waals surface area contributed by atoms with Gasteiger partial charge in [0.05, 0.1) is 5.75 Å². The second-order valence-electron chi connectivity index (χ2n) is 4.60. The second-order valence-corrected chi connectivity index (χ2v) is 6.44. The molecule has 0 aliphatic rings. The molecule has 4 nitrogen and oxygen atoms in total. The number of aromatic nitrogens is 2. The first kappa shape index (κ1) is 15.9. The summed E-state index contributed by atoms with van der Waals surface area (Å²) in [6, 6.07) is 12.9. The third kappa shape index (κ3) is 4.05. The van der Waals surface area contributed by atoms with Crippen LogP contribution >= 0.6 is 27.7 Å². The van der Waals surface area contributed by atoms with Gasteiger partial charge in [-0.15, -0.1) is 10.2 Å². The number of ketones is 1. The summed E-state index contributed by atoms with van der Waals surface area (Å²) in [6.07, 6.45) is 0. The van der Waals surface area contributed by atoms with Gasteiger partial charge in [-0.3, -0.25) is 4.79 Å². The van der Waals surface area contributed by atoms with Crippen LogP contribution < -0.4 is 0 Å². The number of thioether (sulfide) groups is 1. The molecule has 0 saturated heterocycles. The number of benzene rings is 2. The largest absolute Gasteiger partial charge is 0.411 e. The molecule has 116 valence electrons. The summed E-state index contributed by atoms with van der Waals surface area (Å²) in [7, 11) is 0. The fraction of sp³-hybridized carbons (Fsp3) is 0.0625. The number of Topliss-reactive ketones (excluding diaryl/α,β-unsaturated/α-hetero) is 1. The average Bonchev–Trinajstić information content (AvgIpc) is 3.02. The van der Waals surface area contributed by atoms with Crippen molar-refractivity contribution in [2.24, 2.45) is 0 Å². The Bertz CT molecular complexity index is 836. The SMILES string of the molecule is O=C(CSc1nnc(-c2cccc(Br)c2)o1)c1ccc(F)cc1. The minimum atomic E-state index is -0.371. The molecule has 0 saturated carbocycles. The maximum Gasteiger partial charge on any atom is 0.277 e. The zero-order valence-corrected chi connectivity index (χ0v) is 14.1. The van der Waals surface area contributed by atoms with Crippen molar-refractivity contribution in [3.05, 3.63) is 64.4 Å². The summed E-state index contributed by atoms with van der Waals surface area (Å²) >= 11 is 4.53. The van der Waals surface area contributed by atoms with Crippen molar-refractivity contribution in [1.29, 1.82) is 0 Å². The van der Waals surface area contributed by atoms with Crippen LogP contribution in [0.25, 0.3) is 11.5 Å². The van der Waals surface area contributed by atoms with Gasteiger partial charge in [0.25, 0.3) is 5.22 Å². The third-order valence-corrected chi connectivity index (χ3v) is 4.28. The summed E-state index contributed by atoms with van der Waals surface area (Å²) < 4.78 is 19.3. The van der Waals surface area contributed by atoms with Gasteiger partial charge in [-0.25, -0.2) is 4.39 Å². The minimum Gasteiger partial charge on any atom is -0.411 e. The number of carbonyl (C=O) groups is 1. The topological polar surface area (TPSA) is 56.0 Å². The highest BCUT2D eigenvalue weighted by molar-refractivity contribution is 9.10. The first-order valence-corrected chi connectivity index (χ1v) is 8.41. The zero-order valence-electron chi connectivity index (χ0n) is 11.7. The number of rotatable bonds is 5. The van der Waals surface area contributed by atoms with Gasteiger partial charge in [0.2, 0.25) is 5.89 Å². The molecular weight excluding hydrogens is 383 g/mol. The molecule has 0 fully saturated rings. The lowest BCUT2D eigenvalue weighted by molar-refractivity contribution is 0.102. The van der Waals surface area contributed by atoms with E-state index in [-0.39, 0.29) is 17.4 Å². The Morgan fingerprint density at radius 2 is 1.96 bits per heavy atom. The van der Waals surface area contributed by atoms with E-state index in [2.05, 4.69) is 26.1 Å². The van der Waals surface area contributed by atoms with Crippen LogP contribution in [0.5, 0.6) is 0 Å². The van der Waals surface area contributed by atoms with Crippen LogP contribution in [0, 0.1) is 5.82 Å². The summed E-state index contributed by atoms with van der Waals surface area (Å²) in [5, 5.41) is 8.21. The predicted octanol–water partition coefficient (Wildman–Crippen LogP) is 4.61. The molecule has 7 heteroatoms. The lowest BCUT2D eigenvalue weighted by Crippen LogP contribution is -2.02. The molecule has 0 radical (unpaired) electrons. The van der Waals surface area contributed by atoms with Crippen LogP contribution in [-0.2, 0) is 0 Å². The molecule has 0 atom stereocenters. The maximum absolute atomic E-state index is 12.8. The van der Waals surface area contributed by atoms with E-state index in [1.807, 2.05) is 24.3 Å². The summed E-state index contributed by atoms with van der Waals surface area (Å²) in [6.45, 7) is 0. The molecule has 0 aliphatic carbocycles. The van der Waals surface area contributed by atoms with Crippen molar-refractivity contribution in [3.8, 4) is 11.5 Å². The van der Waals surface area contributed by atoms with Crippen molar-refractivity contribution in [2.45, 2.75) is 5.22 Å². The van der Waals surface area contributed by atoms with Gasteiger partial charge in [-0.1, -0.05) is 33.8 Å². The Morgan fingerprint density at radius 3 is 2.70 bits per heavy atom. The summed E-state index contributed by atoms with van der Waals surface area (Å²) in [5.74, 6) is 0.0381. The van der Waals surface area contributed by atoms with Crippen molar-refractivity contribution < 1.29 is 13.6 Å². The molecule has 0 unspecified atom stereocenters. The van der Waals surface area contributed by atoms with Crippen LogP contribution in [0.3, 0.4) is 0 Å². The van der Waals surface area contributed by atoms with E-state index in [9.17, 15) is 9.18 Å². The molecule has 3 rings (SSSR count). The Kier molecular flexibility index (Phi) is 4.88. The highest BCUT2D eigenvalue weighted by atomic mass is 79.9. The predicted molar refractivity (Wildman–Crippen MR) is 88.9 cm³/mol. The van der Waals surface area contributed by atoms with Crippen LogP contribution in [0.1, 0.15) is 10.4 Å². The summed E-state index contributed by atoms with van der Waals surface area (Å²) in [4.78, 5) is 12.0. The quantitative estimate of drug-likeness (QED) is 0.468. The van der Waals surface area contributed by atoms with Crippen molar-refractivity contribution in [1.82, 2.24) is 10.2 Å². The van der Waals surface area contributed by atoms with E-state index in [1.165, 1.54) is 24.3 Å². The monoisotopic (exact) mass is 392 g/mol. The Morgan fingerprint density at radius 1 is 1.17 bits per heavy atom. The maximum atomic E-state index is 12.8. The van der Waals surface area contributed by atoms with E-state index in [0.717, 1.165) is 21.8 Å². The normalized spacial score (nSPS) is 10.7. The van der Waals surface area contributed by atoms with Gasteiger partial charge in [0.15, 0.2) is 5.78 Å². The van der Waals surface area contributed by atoms with Crippen LogP contribution in [-0.4, -0.2) is 21.7 Å². The highest BCUT2D eigenvalue weighted by Gasteiger charge is 2.12. The average molecular weight is 393 g/mol. The standard InChI is InChI=1S/C16H10BrFN2O2S/c17-12-3-1-2-11(8-12)15-19-20-16(22-15)23-9-14(21)10-4-6-13(18)7-5-10/h1-8H,9H2. The van der Waals surface area contributed by atoms with E-state index < -0.39 is 0 Å². The fourth-order valence-corrected chi connectivity index (χ4v) is 2.91. The van der Waals surface area contributed by atoms with Gasteiger partial charge in [0.1, 0.15) is 5.82 Å². The number of hydrogen-bond acceptors (Lipinski definition) is 5. The second kappa shape index (κ2) is 7.06. The first-order valence-electron chi connectivity index (χ1n) is 6.63. The van der Waals surface area contributed by atoms with Crippen molar-refractivity contribution >= 4 is 33.5 Å². The molecule has 23 heavy (non-hydrogen) atoms. The number of hydrogen-bond donors (Lipinski definition) is 0. The number of carbonyl (C=O) groups excluding carboxylic acids is 1. The number of nitrogens with zero attached hydrogens (tertiary/aromatic N) is 2. The molecular formula is C16H10BrFN2O2S. The van der Waals surface area contributed by atoms with Gasteiger partial charge in [-0.05, 0) is 42.5 Å². The van der Waals surface area contributed by atoms with Gasteiger partial charge >= 0.3 is 0 Å². The van der Waals surface area contributed by atoms with Gasteiger partial charge in [0, 0.05) is 15.6 Å².